The van der Waals surface area contributed by atoms with E-state index in [0.29, 0.717) is 18.8 Å². The lowest BCUT2D eigenvalue weighted by Gasteiger charge is -2.23. The number of nitrogens with zero attached hydrogens (tertiary/aromatic N) is 1. The highest BCUT2D eigenvalue weighted by Gasteiger charge is 2.15. The van der Waals surface area contributed by atoms with Crippen LogP contribution in [0, 0.1) is 6.92 Å². The van der Waals surface area contributed by atoms with E-state index in [1.807, 2.05) is 49.4 Å². The summed E-state index contributed by atoms with van der Waals surface area (Å²) in [7, 11) is 0. The van der Waals surface area contributed by atoms with Gasteiger partial charge in [0.05, 0.1) is 11.4 Å². The molecule has 2 rings (SSSR count). The van der Waals surface area contributed by atoms with E-state index in [2.05, 4.69) is 31.1 Å². The predicted molar refractivity (Wildman–Crippen MR) is 92.5 cm³/mol. The third kappa shape index (κ3) is 5.66. The van der Waals surface area contributed by atoms with Crippen molar-refractivity contribution in [1.82, 2.24) is 10.3 Å². The van der Waals surface area contributed by atoms with E-state index in [0.717, 1.165) is 17.0 Å². The Hall–Kier alpha value is -1.91. The Bertz CT molecular complexity index is 621. The van der Waals surface area contributed by atoms with E-state index in [9.17, 15) is 5.11 Å². The lowest BCUT2D eigenvalue weighted by Crippen LogP contribution is -2.38. The van der Waals surface area contributed by atoms with Gasteiger partial charge in [0.25, 0.3) is 0 Å². The molecule has 4 nitrogen and oxygen atoms in total. The fourth-order valence-electron chi connectivity index (χ4n) is 2.15. The zero-order valence-electron chi connectivity index (χ0n) is 14.3. The van der Waals surface area contributed by atoms with Crippen molar-refractivity contribution in [1.29, 1.82) is 0 Å². The highest BCUT2D eigenvalue weighted by molar-refractivity contribution is 5.29. The molecule has 4 heteroatoms. The fourth-order valence-corrected chi connectivity index (χ4v) is 2.15. The van der Waals surface area contributed by atoms with E-state index in [1.165, 1.54) is 0 Å². The van der Waals surface area contributed by atoms with Crippen LogP contribution in [0.3, 0.4) is 0 Å². The van der Waals surface area contributed by atoms with Gasteiger partial charge in [-0.25, -0.2) is 0 Å². The third-order valence-electron chi connectivity index (χ3n) is 3.46. The van der Waals surface area contributed by atoms with Gasteiger partial charge >= 0.3 is 0 Å². The Kier molecular flexibility index (Phi) is 5.74. The largest absolute Gasteiger partial charge is 0.487 e. The molecule has 0 bridgehead atoms. The average Bonchev–Trinajstić information content (AvgIpc) is 2.51. The van der Waals surface area contributed by atoms with Crippen molar-refractivity contribution in [3.8, 4) is 5.75 Å². The Morgan fingerprint density at radius 3 is 2.43 bits per heavy atom. The third-order valence-corrected chi connectivity index (χ3v) is 3.46. The van der Waals surface area contributed by atoms with Crippen LogP contribution in [0.1, 0.15) is 43.8 Å². The van der Waals surface area contributed by atoms with E-state index in [4.69, 9.17) is 4.74 Å². The standard InChI is InChI=1S/C19H26N2O2/c1-14-18(23-13-15-8-6-5-7-9-15)11-10-16(21-14)17(22)12-20-19(2,3)4/h5-11,17,20,22H,12-13H2,1-4H3. The zero-order valence-corrected chi connectivity index (χ0v) is 14.3. The molecule has 2 N–H and O–H groups in total. The Morgan fingerprint density at radius 2 is 1.83 bits per heavy atom. The fraction of sp³-hybridized carbons (Fsp3) is 0.421. The molecule has 1 aromatic carbocycles. The number of benzene rings is 1. The second kappa shape index (κ2) is 7.57. The molecule has 0 aliphatic heterocycles. The van der Waals surface area contributed by atoms with Crippen LogP contribution in [0.2, 0.25) is 0 Å². The number of nitrogens with one attached hydrogen (secondary N) is 1. The number of hydrogen-bond acceptors (Lipinski definition) is 4. The molecule has 0 fully saturated rings. The molecule has 0 aliphatic rings. The summed E-state index contributed by atoms with van der Waals surface area (Å²) in [6, 6.07) is 13.7. The van der Waals surface area contributed by atoms with Crippen molar-refractivity contribution in [2.45, 2.75) is 45.9 Å². The minimum atomic E-state index is -0.629. The zero-order chi connectivity index (χ0) is 16.9. The Labute approximate surface area is 138 Å². The molecule has 1 unspecified atom stereocenters. The number of aromatic nitrogens is 1. The first kappa shape index (κ1) is 17.4. The molecular weight excluding hydrogens is 288 g/mol. The molecule has 1 atom stereocenters. The first-order chi connectivity index (χ1) is 10.8. The van der Waals surface area contributed by atoms with Crippen molar-refractivity contribution in [3.05, 3.63) is 59.4 Å². The topological polar surface area (TPSA) is 54.4 Å². The quantitative estimate of drug-likeness (QED) is 0.858. The maximum absolute atomic E-state index is 10.2. The minimum Gasteiger partial charge on any atom is -0.487 e. The molecule has 1 aromatic heterocycles. The van der Waals surface area contributed by atoms with Gasteiger partial charge < -0.3 is 15.2 Å². The van der Waals surface area contributed by atoms with E-state index >= 15 is 0 Å². The van der Waals surface area contributed by atoms with Gasteiger partial charge in [-0.15, -0.1) is 0 Å². The summed E-state index contributed by atoms with van der Waals surface area (Å²) >= 11 is 0. The normalized spacial score (nSPS) is 12.9. The molecule has 124 valence electrons. The number of hydrogen-bond donors (Lipinski definition) is 2. The number of aliphatic hydroxyl groups is 1. The van der Waals surface area contributed by atoms with Gasteiger partial charge in [-0.2, -0.15) is 0 Å². The van der Waals surface area contributed by atoms with Crippen LogP contribution in [0.4, 0.5) is 0 Å². The lowest BCUT2D eigenvalue weighted by atomic mass is 10.1. The Morgan fingerprint density at radius 1 is 1.13 bits per heavy atom. The first-order valence-electron chi connectivity index (χ1n) is 7.92. The summed E-state index contributed by atoms with van der Waals surface area (Å²) in [6.45, 7) is 9.08. The molecule has 0 saturated carbocycles. The maximum Gasteiger partial charge on any atom is 0.141 e. The molecule has 2 aromatic rings. The summed E-state index contributed by atoms with van der Waals surface area (Å²) in [5, 5.41) is 13.5. The highest BCUT2D eigenvalue weighted by Crippen LogP contribution is 2.20. The second-order valence-electron chi connectivity index (χ2n) is 6.74. The molecule has 0 amide bonds. The van der Waals surface area contributed by atoms with Crippen LogP contribution < -0.4 is 10.1 Å². The number of aliphatic hydroxyl groups excluding tert-OH is 1. The van der Waals surface area contributed by atoms with Crippen LogP contribution in [0.5, 0.6) is 5.75 Å². The molecule has 1 heterocycles. The SMILES string of the molecule is Cc1nc(C(O)CNC(C)(C)C)ccc1OCc1ccccc1. The molecular formula is C19H26N2O2. The summed E-state index contributed by atoms with van der Waals surface area (Å²) in [4.78, 5) is 4.47. The van der Waals surface area contributed by atoms with E-state index < -0.39 is 6.10 Å². The molecule has 0 radical (unpaired) electrons. The summed E-state index contributed by atoms with van der Waals surface area (Å²) in [6.07, 6.45) is -0.629. The van der Waals surface area contributed by atoms with Crippen molar-refractivity contribution >= 4 is 0 Å². The van der Waals surface area contributed by atoms with Crippen LogP contribution in [-0.2, 0) is 6.61 Å². The average molecular weight is 314 g/mol. The van der Waals surface area contributed by atoms with Gasteiger partial charge in [0.1, 0.15) is 18.5 Å². The number of rotatable bonds is 6. The van der Waals surface area contributed by atoms with Gasteiger partial charge in [-0.1, -0.05) is 30.3 Å². The number of aryl methyl sites for hydroxylation is 1. The smallest absolute Gasteiger partial charge is 0.141 e. The second-order valence-corrected chi connectivity index (χ2v) is 6.74. The predicted octanol–water partition coefficient (Wildman–Crippen LogP) is 3.39. The summed E-state index contributed by atoms with van der Waals surface area (Å²) in [5.41, 5.74) is 2.53. The van der Waals surface area contributed by atoms with Crippen molar-refractivity contribution in [2.24, 2.45) is 0 Å². The monoisotopic (exact) mass is 314 g/mol. The number of ether oxygens (including phenoxy) is 1. The van der Waals surface area contributed by atoms with E-state index in [-0.39, 0.29) is 5.54 Å². The van der Waals surface area contributed by atoms with Crippen LogP contribution in [0.25, 0.3) is 0 Å². The van der Waals surface area contributed by atoms with Crippen molar-refractivity contribution in [3.63, 3.8) is 0 Å². The molecule has 0 spiro atoms. The van der Waals surface area contributed by atoms with Gasteiger partial charge in [0.15, 0.2) is 0 Å². The van der Waals surface area contributed by atoms with Gasteiger partial charge in [0.2, 0.25) is 0 Å². The number of β-amino-alcohol motifs (C(OH)–C–C–N with tert-alkyl or cyclic N) is 1. The maximum atomic E-state index is 10.2. The Balaban J connectivity index is 1.97. The summed E-state index contributed by atoms with van der Waals surface area (Å²) in [5.74, 6) is 0.744. The van der Waals surface area contributed by atoms with E-state index in [1.54, 1.807) is 0 Å². The summed E-state index contributed by atoms with van der Waals surface area (Å²) < 4.78 is 5.81. The van der Waals surface area contributed by atoms with Gasteiger partial charge in [0, 0.05) is 12.1 Å². The van der Waals surface area contributed by atoms with Crippen molar-refractivity contribution in [2.75, 3.05) is 6.54 Å². The van der Waals surface area contributed by atoms with Crippen LogP contribution >= 0.6 is 0 Å². The number of pyridine rings is 1. The van der Waals surface area contributed by atoms with Gasteiger partial charge in [-0.3, -0.25) is 4.98 Å². The first-order valence-corrected chi connectivity index (χ1v) is 7.92. The minimum absolute atomic E-state index is 0.0330. The van der Waals surface area contributed by atoms with Crippen LogP contribution in [-0.4, -0.2) is 22.2 Å². The molecule has 0 aliphatic carbocycles. The lowest BCUT2D eigenvalue weighted by molar-refractivity contribution is 0.158. The van der Waals surface area contributed by atoms with Gasteiger partial charge in [-0.05, 0) is 45.4 Å². The van der Waals surface area contributed by atoms with Crippen molar-refractivity contribution < 1.29 is 9.84 Å². The molecule has 0 saturated heterocycles. The highest BCUT2D eigenvalue weighted by atomic mass is 16.5. The van der Waals surface area contributed by atoms with Crippen LogP contribution in [0.15, 0.2) is 42.5 Å². The molecule has 23 heavy (non-hydrogen) atoms.